The number of nitrogens with zero attached hydrogens (tertiary/aromatic N) is 3. The lowest BCUT2D eigenvalue weighted by atomic mass is 10.2. The van der Waals surface area contributed by atoms with Gasteiger partial charge in [-0.15, -0.1) is 0 Å². The first-order chi connectivity index (χ1) is 11.0. The van der Waals surface area contributed by atoms with Crippen molar-refractivity contribution in [1.29, 1.82) is 0 Å². The molecule has 23 heavy (non-hydrogen) atoms. The second-order valence-corrected chi connectivity index (χ2v) is 6.22. The number of anilines is 1. The molecule has 126 valence electrons. The Hall–Kier alpha value is -1.75. The summed E-state index contributed by atoms with van der Waals surface area (Å²) in [7, 11) is 0. The Bertz CT molecular complexity index is 761. The van der Waals surface area contributed by atoms with Gasteiger partial charge in [0, 0.05) is 6.42 Å². The predicted molar refractivity (Wildman–Crippen MR) is 83.5 cm³/mol. The van der Waals surface area contributed by atoms with E-state index in [0.29, 0.717) is 11.3 Å². The van der Waals surface area contributed by atoms with Crippen molar-refractivity contribution in [2.75, 3.05) is 18.9 Å². The SMILES string of the molecule is CCCOc1nc(N)nc2c1sc(=O)n2C1OC(CO)C[C@H]1O. The average Bonchev–Trinajstić information content (AvgIpc) is 3.04. The van der Waals surface area contributed by atoms with E-state index in [2.05, 4.69) is 9.97 Å². The molecule has 1 saturated heterocycles. The summed E-state index contributed by atoms with van der Waals surface area (Å²) in [5.41, 5.74) is 5.97. The molecule has 9 nitrogen and oxygen atoms in total. The zero-order chi connectivity index (χ0) is 16.6. The normalized spacial score (nSPS) is 24.4. The zero-order valence-electron chi connectivity index (χ0n) is 12.5. The molecule has 0 spiro atoms. The van der Waals surface area contributed by atoms with Crippen LogP contribution in [0.1, 0.15) is 26.0 Å². The van der Waals surface area contributed by atoms with Crippen molar-refractivity contribution in [2.45, 2.75) is 38.2 Å². The largest absolute Gasteiger partial charge is 0.476 e. The van der Waals surface area contributed by atoms with E-state index in [0.717, 1.165) is 17.8 Å². The Balaban J connectivity index is 2.09. The number of thiazole rings is 1. The molecule has 3 rings (SSSR count). The first kappa shape index (κ1) is 16.1. The van der Waals surface area contributed by atoms with E-state index in [9.17, 15) is 15.0 Å². The molecule has 0 saturated carbocycles. The molecule has 1 aliphatic heterocycles. The second-order valence-electron chi connectivity index (χ2n) is 5.26. The maximum absolute atomic E-state index is 12.4. The number of hydrogen-bond donors (Lipinski definition) is 3. The van der Waals surface area contributed by atoms with Crippen LogP contribution in [0.4, 0.5) is 5.95 Å². The molecule has 0 aliphatic carbocycles. The van der Waals surface area contributed by atoms with E-state index in [4.69, 9.17) is 15.2 Å². The number of ether oxygens (including phenoxy) is 2. The molecule has 1 fully saturated rings. The van der Waals surface area contributed by atoms with Crippen molar-refractivity contribution < 1.29 is 19.7 Å². The van der Waals surface area contributed by atoms with E-state index >= 15 is 0 Å². The monoisotopic (exact) mass is 342 g/mol. The van der Waals surface area contributed by atoms with E-state index in [1.807, 2.05) is 6.92 Å². The van der Waals surface area contributed by atoms with Crippen molar-refractivity contribution >= 4 is 27.6 Å². The van der Waals surface area contributed by atoms with Crippen molar-refractivity contribution in [3.05, 3.63) is 9.67 Å². The Labute approximate surface area is 135 Å². The van der Waals surface area contributed by atoms with Crippen LogP contribution in [0.25, 0.3) is 10.3 Å². The lowest BCUT2D eigenvalue weighted by Gasteiger charge is -2.16. The molecule has 0 radical (unpaired) electrons. The van der Waals surface area contributed by atoms with Crippen LogP contribution in [0, 0.1) is 0 Å². The number of aromatic nitrogens is 3. The van der Waals surface area contributed by atoms with Crippen LogP contribution in [-0.4, -0.2) is 50.2 Å². The molecule has 3 atom stereocenters. The smallest absolute Gasteiger partial charge is 0.311 e. The standard InChI is InChI=1S/C13H18N4O5S/c1-2-3-21-10-8-9(15-12(14)16-10)17(13(20)23-8)11-7(19)4-6(5-18)22-11/h6-7,11,18-19H,2-5H2,1H3,(H2,14,15,16)/t6?,7-,11?/m1/s1. The van der Waals surface area contributed by atoms with E-state index < -0.39 is 18.4 Å². The minimum absolute atomic E-state index is 0.0265. The minimum atomic E-state index is -0.918. The van der Waals surface area contributed by atoms with Crippen molar-refractivity contribution in [3.8, 4) is 5.88 Å². The van der Waals surface area contributed by atoms with Crippen LogP contribution in [0.5, 0.6) is 5.88 Å². The fraction of sp³-hybridized carbons (Fsp3) is 0.615. The highest BCUT2D eigenvalue weighted by Gasteiger charge is 2.37. The maximum atomic E-state index is 12.4. The summed E-state index contributed by atoms with van der Waals surface area (Å²) in [6.45, 7) is 2.16. The summed E-state index contributed by atoms with van der Waals surface area (Å²) in [5.74, 6) is 0.225. The van der Waals surface area contributed by atoms with Gasteiger partial charge in [0.1, 0.15) is 10.8 Å². The van der Waals surface area contributed by atoms with Crippen molar-refractivity contribution in [3.63, 3.8) is 0 Å². The summed E-state index contributed by atoms with van der Waals surface area (Å²) in [4.78, 5) is 20.1. The van der Waals surface area contributed by atoms with Crippen LogP contribution in [0.15, 0.2) is 4.79 Å². The van der Waals surface area contributed by atoms with Crippen molar-refractivity contribution in [2.24, 2.45) is 0 Å². The number of rotatable bonds is 5. The first-order valence-corrected chi connectivity index (χ1v) is 8.12. The molecule has 2 aromatic heterocycles. The second kappa shape index (κ2) is 6.40. The van der Waals surface area contributed by atoms with Gasteiger partial charge in [0.05, 0.1) is 19.3 Å². The minimum Gasteiger partial charge on any atom is -0.476 e. The van der Waals surface area contributed by atoms with E-state index in [-0.39, 0.29) is 35.4 Å². The first-order valence-electron chi connectivity index (χ1n) is 7.30. The fourth-order valence-electron chi connectivity index (χ4n) is 2.51. The number of nitrogens with two attached hydrogens (primary N) is 1. The molecule has 3 heterocycles. The Morgan fingerprint density at radius 2 is 2.30 bits per heavy atom. The summed E-state index contributed by atoms with van der Waals surface area (Å²) >= 11 is 0.910. The van der Waals surface area contributed by atoms with E-state index in [1.165, 1.54) is 4.57 Å². The van der Waals surface area contributed by atoms with E-state index in [1.54, 1.807) is 0 Å². The van der Waals surface area contributed by atoms with Crippen LogP contribution >= 0.6 is 11.3 Å². The highest BCUT2D eigenvalue weighted by molar-refractivity contribution is 7.16. The summed E-state index contributed by atoms with van der Waals surface area (Å²) in [6.07, 6.45) is -1.33. The number of aliphatic hydroxyl groups excluding tert-OH is 2. The highest BCUT2D eigenvalue weighted by Crippen LogP contribution is 2.33. The number of nitrogen functional groups attached to an aromatic ring is 1. The predicted octanol–water partition coefficient (Wildman–Crippen LogP) is -0.135. The van der Waals surface area contributed by atoms with Gasteiger partial charge in [-0.25, -0.2) is 0 Å². The fourth-order valence-corrected chi connectivity index (χ4v) is 3.40. The van der Waals surface area contributed by atoms with Gasteiger partial charge in [0.25, 0.3) is 0 Å². The van der Waals surface area contributed by atoms with Gasteiger partial charge in [-0.2, -0.15) is 9.97 Å². The van der Waals surface area contributed by atoms with Gasteiger partial charge in [0.2, 0.25) is 11.8 Å². The lowest BCUT2D eigenvalue weighted by Crippen LogP contribution is -2.27. The van der Waals surface area contributed by atoms with Gasteiger partial charge in [0.15, 0.2) is 11.9 Å². The molecule has 4 N–H and O–H groups in total. The number of hydrogen-bond acceptors (Lipinski definition) is 9. The molecule has 2 unspecified atom stereocenters. The number of fused-ring (bicyclic) bond motifs is 1. The molecule has 2 aromatic rings. The Morgan fingerprint density at radius 1 is 1.52 bits per heavy atom. The summed E-state index contributed by atoms with van der Waals surface area (Å²) in [5, 5.41) is 19.3. The maximum Gasteiger partial charge on any atom is 0.311 e. The molecule has 1 aliphatic rings. The Morgan fingerprint density at radius 3 is 2.96 bits per heavy atom. The topological polar surface area (TPSA) is 133 Å². The molecular formula is C13H18N4O5S. The third-order valence-corrected chi connectivity index (χ3v) is 4.45. The molecule has 0 bridgehead atoms. The van der Waals surface area contributed by atoms with Gasteiger partial charge in [-0.3, -0.25) is 9.36 Å². The quantitative estimate of drug-likeness (QED) is 0.684. The summed E-state index contributed by atoms with van der Waals surface area (Å²) < 4.78 is 12.8. The van der Waals surface area contributed by atoms with Gasteiger partial charge >= 0.3 is 4.87 Å². The van der Waals surface area contributed by atoms with Gasteiger partial charge < -0.3 is 25.4 Å². The van der Waals surface area contributed by atoms with Crippen LogP contribution in [0.2, 0.25) is 0 Å². The summed E-state index contributed by atoms with van der Waals surface area (Å²) in [6, 6.07) is 0. The van der Waals surface area contributed by atoms with Gasteiger partial charge in [-0.05, 0) is 6.42 Å². The van der Waals surface area contributed by atoms with Crippen LogP contribution in [0.3, 0.4) is 0 Å². The van der Waals surface area contributed by atoms with Crippen LogP contribution < -0.4 is 15.3 Å². The Kier molecular flexibility index (Phi) is 4.48. The molecule has 0 amide bonds. The molecular weight excluding hydrogens is 324 g/mol. The molecule has 10 heteroatoms. The van der Waals surface area contributed by atoms with Crippen molar-refractivity contribution in [1.82, 2.24) is 14.5 Å². The third-order valence-electron chi connectivity index (χ3n) is 3.51. The third kappa shape index (κ3) is 2.90. The number of aliphatic hydroxyl groups is 2. The lowest BCUT2D eigenvalue weighted by molar-refractivity contribution is -0.0495. The highest BCUT2D eigenvalue weighted by atomic mass is 32.1. The zero-order valence-corrected chi connectivity index (χ0v) is 13.3. The van der Waals surface area contributed by atoms with Gasteiger partial charge in [-0.1, -0.05) is 18.3 Å². The average molecular weight is 342 g/mol. The molecule has 0 aromatic carbocycles. The van der Waals surface area contributed by atoms with Crippen LogP contribution in [-0.2, 0) is 4.74 Å².